The number of rotatable bonds is 3. The second-order valence-corrected chi connectivity index (χ2v) is 5.58. The largest absolute Gasteiger partial charge is 0.313 e. The zero-order valence-corrected chi connectivity index (χ0v) is 10.2. The highest BCUT2D eigenvalue weighted by Gasteiger charge is 2.21. The quantitative estimate of drug-likeness (QED) is 0.726. The molecule has 0 radical (unpaired) electrons. The van der Waals surface area contributed by atoms with Gasteiger partial charge in [0.15, 0.2) is 0 Å². The Balaban J connectivity index is 2.24. The summed E-state index contributed by atoms with van der Waals surface area (Å²) in [6.45, 7) is 11.3. The van der Waals surface area contributed by atoms with Crippen molar-refractivity contribution < 1.29 is 0 Å². The Hall–Kier alpha value is -0.0800. The van der Waals surface area contributed by atoms with E-state index in [2.05, 4.69) is 38.3 Å². The van der Waals surface area contributed by atoms with E-state index in [1.807, 2.05) is 0 Å². The van der Waals surface area contributed by atoms with Gasteiger partial charge in [0.05, 0.1) is 0 Å². The molecule has 1 saturated heterocycles. The normalized spacial score (nSPS) is 29.1. The number of hydrogen-bond acceptors (Lipinski definition) is 2. The van der Waals surface area contributed by atoms with Gasteiger partial charge in [-0.3, -0.25) is 0 Å². The van der Waals surface area contributed by atoms with E-state index in [0.717, 1.165) is 12.5 Å². The first-order valence-electron chi connectivity index (χ1n) is 5.99. The lowest BCUT2D eigenvalue weighted by Crippen LogP contribution is -2.49. The molecule has 0 aromatic heterocycles. The van der Waals surface area contributed by atoms with Gasteiger partial charge in [0, 0.05) is 18.1 Å². The Morgan fingerprint density at radius 1 is 1.36 bits per heavy atom. The second kappa shape index (κ2) is 5.13. The molecule has 84 valence electrons. The first-order chi connectivity index (χ1) is 6.51. The third kappa shape index (κ3) is 4.43. The maximum Gasteiger partial charge on any atom is 0.0195 e. The molecule has 0 amide bonds. The van der Waals surface area contributed by atoms with Crippen LogP contribution in [0.1, 0.15) is 47.0 Å². The average Bonchev–Trinajstić information content (AvgIpc) is 2.14. The lowest BCUT2D eigenvalue weighted by atomic mass is 9.90. The maximum absolute atomic E-state index is 3.59. The molecule has 1 rings (SSSR count). The molecule has 1 heterocycles. The van der Waals surface area contributed by atoms with Crippen molar-refractivity contribution in [3.63, 3.8) is 0 Å². The molecule has 1 aliphatic heterocycles. The van der Waals surface area contributed by atoms with Crippen molar-refractivity contribution in [3.8, 4) is 0 Å². The molecular formula is C12H26N2. The van der Waals surface area contributed by atoms with Crippen molar-refractivity contribution in [1.29, 1.82) is 0 Å². The van der Waals surface area contributed by atoms with Gasteiger partial charge >= 0.3 is 0 Å². The van der Waals surface area contributed by atoms with Crippen LogP contribution in [0.15, 0.2) is 0 Å². The second-order valence-electron chi connectivity index (χ2n) is 5.58. The van der Waals surface area contributed by atoms with E-state index in [4.69, 9.17) is 0 Å². The van der Waals surface area contributed by atoms with Crippen molar-refractivity contribution in [2.75, 3.05) is 13.1 Å². The highest BCUT2D eigenvalue weighted by atomic mass is 15.0. The number of hydrogen-bond donors (Lipinski definition) is 2. The maximum atomic E-state index is 3.59. The van der Waals surface area contributed by atoms with Gasteiger partial charge in [-0.25, -0.2) is 0 Å². The molecule has 0 aromatic carbocycles. The van der Waals surface area contributed by atoms with Gasteiger partial charge in [-0.1, -0.05) is 13.3 Å². The fourth-order valence-electron chi connectivity index (χ4n) is 2.05. The molecule has 2 heteroatoms. The van der Waals surface area contributed by atoms with Crippen LogP contribution < -0.4 is 10.6 Å². The van der Waals surface area contributed by atoms with E-state index in [9.17, 15) is 0 Å². The van der Waals surface area contributed by atoms with Crippen LogP contribution in [-0.2, 0) is 0 Å². The van der Waals surface area contributed by atoms with Gasteiger partial charge in [-0.15, -0.1) is 0 Å². The van der Waals surface area contributed by atoms with Crippen LogP contribution >= 0.6 is 0 Å². The van der Waals surface area contributed by atoms with Crippen molar-refractivity contribution in [1.82, 2.24) is 10.6 Å². The Morgan fingerprint density at radius 2 is 2.07 bits per heavy atom. The molecule has 14 heavy (non-hydrogen) atoms. The zero-order valence-electron chi connectivity index (χ0n) is 10.2. The summed E-state index contributed by atoms with van der Waals surface area (Å²) in [4.78, 5) is 0. The summed E-state index contributed by atoms with van der Waals surface area (Å²) in [5.74, 6) is 0.947. The molecule has 2 unspecified atom stereocenters. The summed E-state index contributed by atoms with van der Waals surface area (Å²) in [7, 11) is 0. The SMILES string of the molecule is CCC1CCNC(CNC(C)(C)C)C1. The van der Waals surface area contributed by atoms with Crippen molar-refractivity contribution in [3.05, 3.63) is 0 Å². The molecule has 0 aromatic rings. The number of piperidine rings is 1. The summed E-state index contributed by atoms with van der Waals surface area (Å²) in [5, 5.41) is 7.17. The van der Waals surface area contributed by atoms with E-state index in [0.29, 0.717) is 6.04 Å². The van der Waals surface area contributed by atoms with Crippen molar-refractivity contribution >= 4 is 0 Å². The third-order valence-corrected chi connectivity index (χ3v) is 3.06. The molecular weight excluding hydrogens is 172 g/mol. The molecule has 0 spiro atoms. The van der Waals surface area contributed by atoms with E-state index in [1.54, 1.807) is 0 Å². The fourth-order valence-corrected chi connectivity index (χ4v) is 2.05. The molecule has 0 aliphatic carbocycles. The van der Waals surface area contributed by atoms with E-state index >= 15 is 0 Å². The first-order valence-corrected chi connectivity index (χ1v) is 5.99. The van der Waals surface area contributed by atoms with Gasteiger partial charge in [-0.2, -0.15) is 0 Å². The van der Waals surface area contributed by atoms with Crippen LogP contribution in [0.5, 0.6) is 0 Å². The monoisotopic (exact) mass is 198 g/mol. The zero-order chi connectivity index (χ0) is 10.6. The Labute approximate surface area is 88.8 Å². The Morgan fingerprint density at radius 3 is 2.64 bits per heavy atom. The summed E-state index contributed by atoms with van der Waals surface area (Å²) in [6, 6.07) is 0.688. The lowest BCUT2D eigenvalue weighted by molar-refractivity contribution is 0.271. The predicted molar refractivity (Wildman–Crippen MR) is 62.6 cm³/mol. The summed E-state index contributed by atoms with van der Waals surface area (Å²) < 4.78 is 0. The first kappa shape index (κ1) is 12.0. The van der Waals surface area contributed by atoms with Crippen LogP contribution in [0.4, 0.5) is 0 Å². The van der Waals surface area contributed by atoms with Crippen LogP contribution in [-0.4, -0.2) is 24.7 Å². The smallest absolute Gasteiger partial charge is 0.0195 e. The molecule has 0 saturated carbocycles. The summed E-state index contributed by atoms with van der Waals surface area (Å²) >= 11 is 0. The minimum Gasteiger partial charge on any atom is -0.313 e. The van der Waals surface area contributed by atoms with E-state index in [1.165, 1.54) is 25.8 Å². The molecule has 2 atom stereocenters. The summed E-state index contributed by atoms with van der Waals surface area (Å²) in [6.07, 6.45) is 4.05. The van der Waals surface area contributed by atoms with Crippen LogP contribution in [0.3, 0.4) is 0 Å². The van der Waals surface area contributed by atoms with Crippen LogP contribution in [0.2, 0.25) is 0 Å². The van der Waals surface area contributed by atoms with Gasteiger partial charge in [0.1, 0.15) is 0 Å². The summed E-state index contributed by atoms with van der Waals surface area (Å²) in [5.41, 5.74) is 0.251. The fraction of sp³-hybridized carbons (Fsp3) is 1.00. The minimum atomic E-state index is 0.251. The lowest BCUT2D eigenvalue weighted by Gasteiger charge is -2.32. The van der Waals surface area contributed by atoms with Crippen molar-refractivity contribution in [2.24, 2.45) is 5.92 Å². The van der Waals surface area contributed by atoms with Gasteiger partial charge in [0.25, 0.3) is 0 Å². The molecule has 1 fully saturated rings. The minimum absolute atomic E-state index is 0.251. The Kier molecular flexibility index (Phi) is 4.39. The van der Waals surface area contributed by atoms with E-state index in [-0.39, 0.29) is 5.54 Å². The molecule has 2 N–H and O–H groups in total. The predicted octanol–water partition coefficient (Wildman–Crippen LogP) is 2.15. The van der Waals surface area contributed by atoms with Gasteiger partial charge in [-0.05, 0) is 46.1 Å². The molecule has 2 nitrogen and oxygen atoms in total. The van der Waals surface area contributed by atoms with Gasteiger partial charge < -0.3 is 10.6 Å². The molecule has 1 aliphatic rings. The highest BCUT2D eigenvalue weighted by Crippen LogP contribution is 2.19. The van der Waals surface area contributed by atoms with E-state index < -0.39 is 0 Å². The van der Waals surface area contributed by atoms with Crippen molar-refractivity contribution in [2.45, 2.75) is 58.5 Å². The van der Waals surface area contributed by atoms with Crippen LogP contribution in [0, 0.1) is 5.92 Å². The third-order valence-electron chi connectivity index (χ3n) is 3.06. The highest BCUT2D eigenvalue weighted by molar-refractivity contribution is 4.82. The van der Waals surface area contributed by atoms with Gasteiger partial charge in [0.2, 0.25) is 0 Å². The molecule has 0 bridgehead atoms. The van der Waals surface area contributed by atoms with Crippen LogP contribution in [0.25, 0.3) is 0 Å². The average molecular weight is 198 g/mol. The number of nitrogens with one attached hydrogen (secondary N) is 2. The Bertz CT molecular complexity index is 160. The topological polar surface area (TPSA) is 24.1 Å². The standard InChI is InChI=1S/C12H26N2/c1-5-10-6-7-13-11(8-10)9-14-12(2,3)4/h10-11,13-14H,5-9H2,1-4H3.